The van der Waals surface area contributed by atoms with E-state index in [0.717, 1.165) is 45.9 Å². The molecule has 1 saturated heterocycles. The highest BCUT2D eigenvalue weighted by atomic mass is 35.5. The molecule has 28 heavy (non-hydrogen) atoms. The SMILES string of the molecule is Cc1cc(C2=NCC(C)(c3cc(Cl)cc(Cl)c3)C2)ccc1C(=O)CC1CSC1. The van der Waals surface area contributed by atoms with E-state index in [1.165, 1.54) is 0 Å². The molecule has 0 amide bonds. The van der Waals surface area contributed by atoms with Crippen molar-refractivity contribution in [1.29, 1.82) is 0 Å². The summed E-state index contributed by atoms with van der Waals surface area (Å²) in [6.45, 7) is 4.93. The zero-order valence-electron chi connectivity index (χ0n) is 16.1. The summed E-state index contributed by atoms with van der Waals surface area (Å²) in [7, 11) is 0. The van der Waals surface area contributed by atoms with Gasteiger partial charge < -0.3 is 0 Å². The smallest absolute Gasteiger partial charge is 0.163 e. The highest BCUT2D eigenvalue weighted by molar-refractivity contribution is 8.00. The molecule has 1 atom stereocenters. The Morgan fingerprint density at radius 1 is 1.18 bits per heavy atom. The van der Waals surface area contributed by atoms with Crippen LogP contribution in [-0.4, -0.2) is 29.5 Å². The molecule has 0 N–H and O–H groups in total. The van der Waals surface area contributed by atoms with Gasteiger partial charge in [-0.2, -0.15) is 11.8 Å². The third-order valence-corrected chi connectivity index (χ3v) is 7.63. The van der Waals surface area contributed by atoms with Crippen molar-refractivity contribution in [3.8, 4) is 0 Å². The molecule has 2 aliphatic rings. The maximum absolute atomic E-state index is 12.6. The molecule has 2 nitrogen and oxygen atoms in total. The molecule has 1 fully saturated rings. The van der Waals surface area contributed by atoms with Crippen molar-refractivity contribution < 1.29 is 4.79 Å². The summed E-state index contributed by atoms with van der Waals surface area (Å²) in [5.41, 5.74) is 5.07. The van der Waals surface area contributed by atoms with Gasteiger partial charge in [-0.1, -0.05) is 42.3 Å². The van der Waals surface area contributed by atoms with Gasteiger partial charge in [0.1, 0.15) is 0 Å². The lowest BCUT2D eigenvalue weighted by Crippen LogP contribution is -2.23. The quantitative estimate of drug-likeness (QED) is 0.513. The first-order chi connectivity index (χ1) is 13.3. The van der Waals surface area contributed by atoms with Gasteiger partial charge in [-0.15, -0.1) is 0 Å². The third-order valence-electron chi connectivity index (χ3n) is 5.78. The lowest BCUT2D eigenvalue weighted by atomic mass is 9.79. The predicted octanol–water partition coefficient (Wildman–Crippen LogP) is 6.39. The Labute approximate surface area is 180 Å². The summed E-state index contributed by atoms with van der Waals surface area (Å²) in [5.74, 6) is 3.06. The monoisotopic (exact) mass is 431 g/mol. The van der Waals surface area contributed by atoms with E-state index in [2.05, 4.69) is 13.0 Å². The average Bonchev–Trinajstić information content (AvgIpc) is 3.01. The fourth-order valence-corrected chi connectivity index (χ4v) is 5.30. The molecule has 1 unspecified atom stereocenters. The van der Waals surface area contributed by atoms with Crippen LogP contribution in [0.1, 0.15) is 46.8 Å². The maximum Gasteiger partial charge on any atom is 0.163 e. The number of carbonyl (C=O) groups excluding carboxylic acids is 1. The van der Waals surface area contributed by atoms with Gasteiger partial charge in [0.25, 0.3) is 0 Å². The van der Waals surface area contributed by atoms with Crippen molar-refractivity contribution in [3.05, 3.63) is 68.7 Å². The number of halogens is 2. The second-order valence-corrected chi connectivity index (χ2v) is 10.2. The van der Waals surface area contributed by atoms with Crippen LogP contribution in [0.5, 0.6) is 0 Å². The van der Waals surface area contributed by atoms with Gasteiger partial charge in [-0.05, 0) is 65.3 Å². The van der Waals surface area contributed by atoms with Crippen LogP contribution in [0.2, 0.25) is 10.0 Å². The molecule has 0 spiro atoms. The number of rotatable bonds is 5. The molecular formula is C23H23Cl2NOS. The number of hydrogen-bond acceptors (Lipinski definition) is 3. The van der Waals surface area contributed by atoms with E-state index in [9.17, 15) is 4.79 Å². The number of ketones is 1. The van der Waals surface area contributed by atoms with Crippen LogP contribution in [0.3, 0.4) is 0 Å². The highest BCUT2D eigenvalue weighted by Crippen LogP contribution is 2.37. The summed E-state index contributed by atoms with van der Waals surface area (Å²) >= 11 is 14.3. The minimum absolute atomic E-state index is 0.117. The first-order valence-corrected chi connectivity index (χ1v) is 11.5. The molecule has 0 saturated carbocycles. The van der Waals surface area contributed by atoms with Gasteiger partial charge in [0, 0.05) is 46.1 Å². The van der Waals surface area contributed by atoms with Crippen LogP contribution in [-0.2, 0) is 5.41 Å². The summed E-state index contributed by atoms with van der Waals surface area (Å²) < 4.78 is 0. The zero-order chi connectivity index (χ0) is 19.9. The summed E-state index contributed by atoms with van der Waals surface area (Å²) in [5, 5.41) is 1.31. The van der Waals surface area contributed by atoms with Gasteiger partial charge in [-0.25, -0.2) is 0 Å². The summed E-state index contributed by atoms with van der Waals surface area (Å²) in [6.07, 6.45) is 1.50. The molecule has 0 aliphatic carbocycles. The maximum atomic E-state index is 12.6. The van der Waals surface area contributed by atoms with Gasteiger partial charge in [0.2, 0.25) is 0 Å². The fourth-order valence-electron chi connectivity index (χ4n) is 3.97. The Morgan fingerprint density at radius 2 is 1.89 bits per heavy atom. The van der Waals surface area contributed by atoms with E-state index in [1.807, 2.05) is 43.0 Å². The minimum atomic E-state index is -0.117. The third kappa shape index (κ3) is 4.03. The van der Waals surface area contributed by atoms with E-state index >= 15 is 0 Å². The van der Waals surface area contributed by atoms with E-state index in [4.69, 9.17) is 28.2 Å². The Kier molecular flexibility index (Phi) is 5.61. The number of benzene rings is 2. The minimum Gasteiger partial charge on any atom is -0.294 e. The van der Waals surface area contributed by atoms with Crippen molar-refractivity contribution in [3.63, 3.8) is 0 Å². The molecule has 146 valence electrons. The predicted molar refractivity (Wildman–Crippen MR) is 121 cm³/mol. The Balaban J connectivity index is 1.52. The normalized spacial score (nSPS) is 22.1. The van der Waals surface area contributed by atoms with E-state index in [-0.39, 0.29) is 11.2 Å². The summed E-state index contributed by atoms with van der Waals surface area (Å²) in [4.78, 5) is 17.4. The van der Waals surface area contributed by atoms with E-state index in [0.29, 0.717) is 28.9 Å². The molecule has 5 heteroatoms. The molecule has 2 aliphatic heterocycles. The zero-order valence-corrected chi connectivity index (χ0v) is 18.4. The lowest BCUT2D eigenvalue weighted by molar-refractivity contribution is 0.0967. The lowest BCUT2D eigenvalue weighted by Gasteiger charge is -2.24. The van der Waals surface area contributed by atoms with E-state index in [1.54, 1.807) is 6.07 Å². The van der Waals surface area contributed by atoms with Crippen LogP contribution in [0.15, 0.2) is 41.4 Å². The molecule has 2 aromatic carbocycles. The Hall–Kier alpha value is -1.29. The summed E-state index contributed by atoms with van der Waals surface area (Å²) in [6, 6.07) is 11.9. The first kappa shape index (κ1) is 20.0. The topological polar surface area (TPSA) is 29.4 Å². The number of carbonyl (C=O) groups is 1. The van der Waals surface area contributed by atoms with Crippen molar-refractivity contribution >= 4 is 46.5 Å². The van der Waals surface area contributed by atoms with E-state index < -0.39 is 0 Å². The molecule has 2 heterocycles. The number of hydrogen-bond donors (Lipinski definition) is 0. The average molecular weight is 432 g/mol. The first-order valence-electron chi connectivity index (χ1n) is 9.56. The Morgan fingerprint density at radius 3 is 2.50 bits per heavy atom. The van der Waals surface area contributed by atoms with Gasteiger partial charge in [-0.3, -0.25) is 9.79 Å². The Bertz CT molecular complexity index is 947. The van der Waals surface area contributed by atoms with Crippen molar-refractivity contribution in [2.75, 3.05) is 18.1 Å². The number of thioether (sulfide) groups is 1. The van der Waals surface area contributed by atoms with Crippen molar-refractivity contribution in [2.45, 2.75) is 32.1 Å². The second-order valence-electron chi connectivity index (χ2n) is 8.22. The van der Waals surface area contributed by atoms with Crippen LogP contribution in [0.25, 0.3) is 0 Å². The van der Waals surface area contributed by atoms with Crippen LogP contribution in [0.4, 0.5) is 0 Å². The number of aliphatic imine (C=N–C) groups is 1. The van der Waals surface area contributed by atoms with Crippen LogP contribution in [0, 0.1) is 12.8 Å². The van der Waals surface area contributed by atoms with Gasteiger partial charge in [0.05, 0.1) is 0 Å². The highest BCUT2D eigenvalue weighted by Gasteiger charge is 2.34. The number of nitrogens with zero attached hydrogens (tertiary/aromatic N) is 1. The van der Waals surface area contributed by atoms with Crippen molar-refractivity contribution in [1.82, 2.24) is 0 Å². The molecule has 4 rings (SSSR count). The van der Waals surface area contributed by atoms with Gasteiger partial charge in [0.15, 0.2) is 5.78 Å². The van der Waals surface area contributed by atoms with Crippen LogP contribution < -0.4 is 0 Å². The fraction of sp³-hybridized carbons (Fsp3) is 0.391. The molecule has 0 bridgehead atoms. The van der Waals surface area contributed by atoms with Crippen LogP contribution >= 0.6 is 35.0 Å². The molecular weight excluding hydrogens is 409 g/mol. The van der Waals surface area contributed by atoms with Gasteiger partial charge >= 0.3 is 0 Å². The molecule has 0 radical (unpaired) electrons. The largest absolute Gasteiger partial charge is 0.294 e. The number of aryl methyl sites for hydroxylation is 1. The molecule has 2 aromatic rings. The van der Waals surface area contributed by atoms with Crippen molar-refractivity contribution in [2.24, 2.45) is 10.9 Å². The number of Topliss-reactive ketones (excluding diaryl/α,β-unsaturated/α-hetero) is 1. The standard InChI is InChI=1S/C23H23Cl2NOS/c1-14-5-16(3-4-20(14)22(27)6-15-11-28-12-15)21-10-23(2,13-26-21)17-7-18(24)9-19(25)8-17/h3-5,7-9,15H,6,10-13H2,1-2H3. The second kappa shape index (κ2) is 7.85. The molecule has 0 aromatic heterocycles.